The lowest BCUT2D eigenvalue weighted by Crippen LogP contribution is -2.45. The summed E-state index contributed by atoms with van der Waals surface area (Å²) in [5.41, 5.74) is 12.0. The first kappa shape index (κ1) is 127. The molecule has 0 aromatic carbocycles. The van der Waals surface area contributed by atoms with Gasteiger partial charge in [0, 0.05) is 148 Å². The number of carbonyl (C=O) groups excluding carboxylic acids is 12. The fourth-order valence-electron chi connectivity index (χ4n) is 11.0. The number of thioether (sulfide) groups is 3. The van der Waals surface area contributed by atoms with Crippen molar-refractivity contribution in [1.29, 1.82) is 0 Å². The van der Waals surface area contributed by atoms with Gasteiger partial charge in [-0.2, -0.15) is 35.3 Å². The molecule has 113 heavy (non-hydrogen) atoms. The Morgan fingerprint density at radius 3 is 0.850 bits per heavy atom. The lowest BCUT2D eigenvalue weighted by Gasteiger charge is -2.19. The van der Waals surface area contributed by atoms with Crippen molar-refractivity contribution in [3.8, 4) is 0 Å². The van der Waals surface area contributed by atoms with E-state index < -0.39 is 18.2 Å². The van der Waals surface area contributed by atoms with E-state index in [1.807, 2.05) is 143 Å². The summed E-state index contributed by atoms with van der Waals surface area (Å²) in [6.07, 6.45) is 22.6. The zero-order chi connectivity index (χ0) is 88.8. The molecule has 0 rings (SSSR count). The molecule has 0 radical (unpaired) electrons. The van der Waals surface area contributed by atoms with E-state index in [9.17, 15) is 57.5 Å². The van der Waals surface area contributed by atoms with Crippen molar-refractivity contribution in [2.45, 2.75) is 320 Å². The second kappa shape index (κ2) is 83.3. The lowest BCUT2D eigenvalue weighted by molar-refractivity contribution is -0.131. The van der Waals surface area contributed by atoms with E-state index >= 15 is 0 Å². The average molecular weight is 1670 g/mol. The Balaban J connectivity index is -0.000000159. The fraction of sp³-hybridized carbons (Fsp3) is 0.865. The smallest absolute Gasteiger partial charge is 0.407 e. The van der Waals surface area contributed by atoms with Gasteiger partial charge in [0.25, 0.3) is 0 Å². The Labute approximate surface area is 705 Å². The summed E-state index contributed by atoms with van der Waals surface area (Å²) in [6, 6.07) is -1.78. The number of amides is 2. The highest BCUT2D eigenvalue weighted by Crippen LogP contribution is 2.23. The molecule has 0 aromatic heterocycles. The molecule has 0 fully saturated rings. The van der Waals surface area contributed by atoms with Crippen LogP contribution in [0.4, 0.5) is 4.79 Å². The van der Waals surface area contributed by atoms with Crippen LogP contribution in [0.3, 0.4) is 0 Å². The number of rotatable bonds is 55. The van der Waals surface area contributed by atoms with Crippen molar-refractivity contribution < 1.29 is 81.2 Å². The molecule has 0 saturated carbocycles. The molecule has 672 valence electrons. The molecule has 0 aromatic rings. The van der Waals surface area contributed by atoms with Gasteiger partial charge in [-0.25, -0.2) is 4.79 Å². The molecule has 0 aliphatic heterocycles. The zero-order valence-corrected chi connectivity index (χ0v) is 79.5. The highest BCUT2D eigenvalue weighted by molar-refractivity contribution is 7.99. The summed E-state index contributed by atoms with van der Waals surface area (Å²) in [6.45, 7) is 48.4. The quantitative estimate of drug-likeness (QED) is 0.0411. The van der Waals surface area contributed by atoms with Gasteiger partial charge in [0.2, 0.25) is 5.91 Å². The van der Waals surface area contributed by atoms with E-state index in [4.69, 9.17) is 30.4 Å². The van der Waals surface area contributed by atoms with E-state index in [1.165, 1.54) is 33.1 Å². The predicted molar refractivity (Wildman–Crippen MR) is 479 cm³/mol. The third kappa shape index (κ3) is 74.3. The molecule has 10 unspecified atom stereocenters. The van der Waals surface area contributed by atoms with Crippen LogP contribution in [0.2, 0.25) is 0 Å². The summed E-state index contributed by atoms with van der Waals surface area (Å²) in [7, 11) is 7.54. The molecule has 24 heteroatoms. The van der Waals surface area contributed by atoms with Crippen molar-refractivity contribution in [1.82, 2.24) is 10.6 Å². The van der Waals surface area contributed by atoms with Crippen LogP contribution >= 0.6 is 35.3 Å². The molecule has 0 aliphatic carbocycles. The van der Waals surface area contributed by atoms with Crippen LogP contribution < -0.4 is 22.1 Å². The maximum atomic E-state index is 12.3. The normalized spacial score (nSPS) is 13.4. The van der Waals surface area contributed by atoms with Crippen LogP contribution in [0.25, 0.3) is 0 Å². The van der Waals surface area contributed by atoms with E-state index in [0.29, 0.717) is 50.0 Å². The van der Waals surface area contributed by atoms with Crippen LogP contribution in [0.1, 0.15) is 296 Å². The molecule has 21 nitrogen and oxygen atoms in total. The van der Waals surface area contributed by atoms with Gasteiger partial charge < -0.3 is 45.8 Å². The minimum absolute atomic E-state index is 0. The number of carbonyl (C=O) groups is 12. The van der Waals surface area contributed by atoms with Crippen molar-refractivity contribution in [3.05, 3.63) is 0 Å². The molecular weight excluding hydrogens is 1490 g/mol. The first-order valence-corrected chi connectivity index (χ1v) is 45.9. The van der Waals surface area contributed by atoms with Crippen LogP contribution in [0.5, 0.6) is 0 Å². The Morgan fingerprint density at radius 1 is 0.327 bits per heavy atom. The number of hydrogen-bond donors (Lipinski definition) is 4. The van der Waals surface area contributed by atoms with Gasteiger partial charge in [0.15, 0.2) is 11.6 Å². The van der Waals surface area contributed by atoms with E-state index in [1.54, 1.807) is 51.6 Å². The number of nitrogens with one attached hydrogen (secondary N) is 2. The Kier molecular flexibility index (Phi) is 93.9. The van der Waals surface area contributed by atoms with Gasteiger partial charge in [-0.05, 0) is 44.5 Å². The van der Waals surface area contributed by atoms with Gasteiger partial charge in [-0.15, -0.1) is 0 Å². The van der Waals surface area contributed by atoms with Crippen molar-refractivity contribution in [2.75, 3.05) is 98.0 Å². The van der Waals surface area contributed by atoms with Gasteiger partial charge in [0.1, 0.15) is 58.3 Å². The summed E-state index contributed by atoms with van der Waals surface area (Å²) in [4.78, 5) is 139. The molecule has 10 atom stereocenters. The Morgan fingerprint density at radius 2 is 0.602 bits per heavy atom. The number of hydrogen-bond acceptors (Lipinski definition) is 22. The van der Waals surface area contributed by atoms with Crippen LogP contribution in [0.15, 0.2) is 0 Å². The molecule has 0 saturated heterocycles. The number of Topliss-reactive ketones (excluding diaryl/α,β-unsaturated/α-hetero) is 10. The molecule has 0 heterocycles. The van der Waals surface area contributed by atoms with E-state index in [0.717, 1.165) is 114 Å². The third-order valence-electron chi connectivity index (χ3n) is 17.9. The summed E-state index contributed by atoms with van der Waals surface area (Å²) in [5, 5.41) is 5.16. The standard InChI is InChI=1S/2C18H35NO2.C11H21NO4.C9H17NO3S.2C8H16O2.2C8H16OS.CH4/c2*1-5-7-9-11-15(18(21)14(3)4)13-17(20)16(19)12-10-8-6-2;1-8(2)11(14)9(7-16-4)12-10(13)5-6-15-3;1-6(2)8(11)7(5-14-4)10-9(12)13-3;4*1-6(2)8(9)7(3)5-10-4;/h2*14-16H,5-13,19H2,1-4H3;8-9H,5-7H2,1-4H3,(H,12,13);6-7H,5H2,1-4H3,(H,10,12);4*6-7H,5H2,1-4H3;1H4. The molecule has 0 bridgehead atoms. The first-order valence-electron chi connectivity index (χ1n) is 41.7. The monoisotopic (exact) mass is 1670 g/mol. The second-order valence-corrected chi connectivity index (χ2v) is 34.5. The van der Waals surface area contributed by atoms with Crippen molar-refractivity contribution in [2.24, 2.45) is 94.3 Å². The van der Waals surface area contributed by atoms with Crippen molar-refractivity contribution >= 4 is 105 Å². The number of methoxy groups -OCH3 is 5. The summed E-state index contributed by atoms with van der Waals surface area (Å²) >= 11 is 4.99. The summed E-state index contributed by atoms with van der Waals surface area (Å²) in [5.74, 6) is 4.97. The van der Waals surface area contributed by atoms with Gasteiger partial charge >= 0.3 is 6.09 Å². The minimum atomic E-state index is -0.561. The molecule has 6 N–H and O–H groups in total. The van der Waals surface area contributed by atoms with Crippen LogP contribution in [-0.4, -0.2) is 192 Å². The Hall–Kier alpha value is -3.75. The van der Waals surface area contributed by atoms with Gasteiger partial charge in [0.05, 0.1) is 45.6 Å². The largest absolute Gasteiger partial charge is 0.453 e. The molecule has 2 amide bonds. The Bertz CT molecular complexity index is 2250. The van der Waals surface area contributed by atoms with Crippen molar-refractivity contribution in [3.63, 3.8) is 0 Å². The first-order chi connectivity index (χ1) is 52.3. The number of unbranched alkanes of at least 4 members (excludes halogenated alkanes) is 8. The fourth-order valence-corrected chi connectivity index (χ4v) is 13.0. The maximum Gasteiger partial charge on any atom is 0.407 e. The predicted octanol–water partition coefficient (Wildman–Crippen LogP) is 18.3. The van der Waals surface area contributed by atoms with Crippen LogP contribution in [-0.2, 0) is 76.4 Å². The van der Waals surface area contributed by atoms with Crippen LogP contribution in [0, 0.1) is 82.9 Å². The van der Waals surface area contributed by atoms with Gasteiger partial charge in [-0.3, -0.25) is 52.7 Å². The van der Waals surface area contributed by atoms with E-state index in [2.05, 4.69) is 43.1 Å². The molecule has 0 aliphatic rings. The second-order valence-electron chi connectivity index (χ2n) is 31.8. The highest BCUT2D eigenvalue weighted by atomic mass is 32.2. The van der Waals surface area contributed by atoms with E-state index in [-0.39, 0.29) is 168 Å². The third-order valence-corrected chi connectivity index (χ3v) is 20.3. The molecular formula is C89H176N4O17S3. The number of ether oxygens (including phenoxy) is 5. The SMILES string of the molecule is C.CCCCCC(N)C(=O)CC(CCCCC)C(=O)C(C)C.CCCCCC(N)C(=O)CC(CCCCC)C(=O)C(C)C.COC(=O)NC(CSC)C(=O)C(C)C.COCC(C)C(=O)C(C)C.COCC(C)C(=O)C(C)C.COCCC(=O)NC(COC)C(=O)C(C)C.CSCC(C)C(=O)C(C)C.CSCC(C)C(=O)C(C)C. The minimum Gasteiger partial charge on any atom is -0.453 e. The topological polar surface area (TPSA) is 327 Å². The highest BCUT2D eigenvalue weighted by Gasteiger charge is 2.29. The average Bonchev–Trinajstić information content (AvgIpc) is 0.904. The number of alkyl carbamates (subject to hydrolysis) is 1. The summed E-state index contributed by atoms with van der Waals surface area (Å²) < 4.78 is 23.9. The number of nitrogens with two attached hydrogens (primary N) is 2. The lowest BCUT2D eigenvalue weighted by atomic mass is 9.85. The molecule has 0 spiro atoms. The maximum absolute atomic E-state index is 12.3. The number of ketones is 10. The van der Waals surface area contributed by atoms with Gasteiger partial charge in [-0.1, -0.05) is 251 Å². The zero-order valence-electron chi connectivity index (χ0n) is 77.1.